The Bertz CT molecular complexity index is 965. The molecule has 0 radical (unpaired) electrons. The van der Waals surface area contributed by atoms with Crippen molar-refractivity contribution in [2.75, 3.05) is 0 Å². The van der Waals surface area contributed by atoms with Crippen molar-refractivity contribution in [2.45, 2.75) is 112 Å². The number of aliphatic carboxylic acids is 1. The number of fused-ring (bicyclic) bond motifs is 7. The topological polar surface area (TPSA) is 74.6 Å². The molecule has 5 rings (SSSR count). The zero-order valence-electron chi connectivity index (χ0n) is 22.5. The number of carboxylic acid groups (broad SMARTS) is 1. The molecular formula is C30H46O4. The summed E-state index contributed by atoms with van der Waals surface area (Å²) in [5.74, 6) is 0.416. The molecule has 4 heteroatoms. The lowest BCUT2D eigenvalue weighted by atomic mass is 9.33. The van der Waals surface area contributed by atoms with Crippen molar-refractivity contribution in [2.24, 2.45) is 50.2 Å². The van der Waals surface area contributed by atoms with Crippen LogP contribution >= 0.6 is 0 Å². The predicted octanol–water partition coefficient (Wildman–Crippen LogP) is 6.41. The zero-order valence-corrected chi connectivity index (χ0v) is 22.5. The van der Waals surface area contributed by atoms with Crippen LogP contribution in [0.1, 0.15) is 106 Å². The van der Waals surface area contributed by atoms with Crippen molar-refractivity contribution in [3.05, 3.63) is 11.6 Å². The van der Waals surface area contributed by atoms with E-state index in [4.69, 9.17) is 0 Å². The molecule has 2 N–H and O–H groups in total. The summed E-state index contributed by atoms with van der Waals surface area (Å²) in [5.41, 5.74) is 0.442. The van der Waals surface area contributed by atoms with Gasteiger partial charge in [-0.15, -0.1) is 0 Å². The Balaban J connectivity index is 1.60. The molecule has 0 aliphatic heterocycles. The van der Waals surface area contributed by atoms with Crippen molar-refractivity contribution in [3.8, 4) is 0 Å². The highest BCUT2D eigenvalue weighted by Gasteiger charge is 2.70. The lowest BCUT2D eigenvalue weighted by Crippen LogP contribution is -2.67. The second kappa shape index (κ2) is 6.99. The van der Waals surface area contributed by atoms with Gasteiger partial charge >= 0.3 is 5.97 Å². The van der Waals surface area contributed by atoms with Gasteiger partial charge in [-0.2, -0.15) is 0 Å². The summed E-state index contributed by atoms with van der Waals surface area (Å²) < 4.78 is 0. The van der Waals surface area contributed by atoms with Crippen molar-refractivity contribution in [1.29, 1.82) is 0 Å². The van der Waals surface area contributed by atoms with Crippen LogP contribution in [0.5, 0.6) is 0 Å². The Morgan fingerprint density at radius 1 is 0.941 bits per heavy atom. The third kappa shape index (κ3) is 2.75. The summed E-state index contributed by atoms with van der Waals surface area (Å²) in [7, 11) is 0. The number of carbonyl (C=O) groups is 2. The largest absolute Gasteiger partial charge is 0.481 e. The van der Waals surface area contributed by atoms with Gasteiger partial charge in [-0.05, 0) is 92.3 Å². The minimum atomic E-state index is -0.646. The van der Waals surface area contributed by atoms with Crippen molar-refractivity contribution in [3.63, 3.8) is 0 Å². The molecule has 4 saturated carbocycles. The van der Waals surface area contributed by atoms with Crippen LogP contribution in [-0.4, -0.2) is 28.1 Å². The summed E-state index contributed by atoms with van der Waals surface area (Å²) in [4.78, 5) is 25.2. The van der Waals surface area contributed by atoms with E-state index in [0.717, 1.165) is 51.4 Å². The summed E-state index contributed by atoms with van der Waals surface area (Å²) in [6.45, 7) is 15.8. The van der Waals surface area contributed by atoms with Gasteiger partial charge in [0.05, 0.1) is 11.5 Å². The fraction of sp³-hybridized carbons (Fsp3) is 0.867. The van der Waals surface area contributed by atoms with Gasteiger partial charge in [0.15, 0.2) is 0 Å². The van der Waals surface area contributed by atoms with Crippen LogP contribution in [0.25, 0.3) is 0 Å². The molecule has 0 aromatic rings. The minimum Gasteiger partial charge on any atom is -0.481 e. The maximum atomic E-state index is 12.9. The van der Waals surface area contributed by atoms with Gasteiger partial charge in [-0.1, -0.05) is 53.2 Å². The number of carboxylic acids is 1. The van der Waals surface area contributed by atoms with Gasteiger partial charge in [0.25, 0.3) is 0 Å². The lowest BCUT2D eigenvalue weighted by Gasteiger charge is -2.71. The first-order chi connectivity index (χ1) is 15.6. The average Bonchev–Trinajstić information content (AvgIpc) is 2.74. The number of aliphatic hydroxyl groups is 1. The van der Waals surface area contributed by atoms with Crippen LogP contribution < -0.4 is 0 Å². The van der Waals surface area contributed by atoms with E-state index in [-0.39, 0.29) is 39.8 Å². The smallest absolute Gasteiger partial charge is 0.309 e. The molecule has 4 nitrogen and oxygen atoms in total. The molecule has 4 fully saturated rings. The number of allylic oxidation sites excluding steroid dienone is 2. The van der Waals surface area contributed by atoms with Crippen LogP contribution in [-0.2, 0) is 9.59 Å². The van der Waals surface area contributed by atoms with Crippen molar-refractivity contribution in [1.82, 2.24) is 0 Å². The molecule has 34 heavy (non-hydrogen) atoms. The molecule has 5 aliphatic carbocycles. The molecule has 0 aromatic carbocycles. The van der Waals surface area contributed by atoms with E-state index in [2.05, 4.69) is 47.6 Å². The Labute approximate surface area is 206 Å². The van der Waals surface area contributed by atoms with E-state index in [1.165, 1.54) is 5.57 Å². The van der Waals surface area contributed by atoms with Crippen molar-refractivity contribution >= 4 is 11.8 Å². The molecule has 0 unspecified atom stereocenters. The summed E-state index contributed by atoms with van der Waals surface area (Å²) >= 11 is 0. The molecule has 0 bridgehead atoms. The summed E-state index contributed by atoms with van der Waals surface area (Å²) in [5, 5.41) is 21.5. The molecule has 190 valence electrons. The number of ketones is 1. The molecule has 0 heterocycles. The van der Waals surface area contributed by atoms with Gasteiger partial charge < -0.3 is 10.2 Å². The highest BCUT2D eigenvalue weighted by molar-refractivity contribution is 5.86. The van der Waals surface area contributed by atoms with Gasteiger partial charge in [0.1, 0.15) is 5.78 Å². The molecule has 0 spiro atoms. The Morgan fingerprint density at radius 2 is 1.59 bits per heavy atom. The lowest BCUT2D eigenvalue weighted by molar-refractivity contribution is -0.216. The zero-order chi connectivity index (χ0) is 25.1. The Kier molecular flexibility index (Phi) is 5.04. The van der Waals surface area contributed by atoms with E-state index in [0.29, 0.717) is 11.8 Å². The first-order valence-electron chi connectivity index (χ1n) is 13.7. The number of Topliss-reactive ketones (excluding diaryl/α,β-unsaturated/α-hetero) is 1. The van der Waals surface area contributed by atoms with Crippen molar-refractivity contribution < 1.29 is 19.8 Å². The maximum Gasteiger partial charge on any atom is 0.309 e. The number of rotatable bonds is 1. The third-order valence-corrected chi connectivity index (χ3v) is 13.2. The van der Waals surface area contributed by atoms with Crippen LogP contribution in [0.3, 0.4) is 0 Å². The average molecular weight is 471 g/mol. The fourth-order valence-electron chi connectivity index (χ4n) is 10.3. The van der Waals surface area contributed by atoms with Crippen LogP contribution in [0.4, 0.5) is 0 Å². The number of hydrogen-bond donors (Lipinski definition) is 2. The van der Waals surface area contributed by atoms with Gasteiger partial charge in [0.2, 0.25) is 0 Å². The van der Waals surface area contributed by atoms with E-state index in [9.17, 15) is 19.8 Å². The van der Waals surface area contributed by atoms with E-state index in [1.54, 1.807) is 0 Å². The summed E-state index contributed by atoms with van der Waals surface area (Å²) in [6.07, 6.45) is 9.97. The molecular weight excluding hydrogens is 424 g/mol. The standard InChI is InChI=1S/C30H46O4/c1-25(2)20-10-11-29(6)21(30(20,7)23(32)16-22(25)31)9-8-18-19-17-27(4,24(33)34)13-12-26(19,3)14-15-28(18,29)5/h8,19-21,23,32H,9-17H2,1-7H3,(H,33,34)/t19-,20-,21-,23-,26+,27-,28+,29+,30-/m0/s1. The number of hydrogen-bond acceptors (Lipinski definition) is 3. The quantitative estimate of drug-likeness (QED) is 0.434. The first-order valence-corrected chi connectivity index (χ1v) is 13.7. The van der Waals surface area contributed by atoms with Crippen LogP contribution in [0.15, 0.2) is 11.6 Å². The molecule has 0 saturated heterocycles. The second-order valence-electron chi connectivity index (χ2n) is 14.8. The summed E-state index contributed by atoms with van der Waals surface area (Å²) in [6, 6.07) is 0. The van der Waals surface area contributed by atoms with Gasteiger partial charge in [-0.3, -0.25) is 9.59 Å². The molecule has 9 atom stereocenters. The van der Waals surface area contributed by atoms with Gasteiger partial charge in [0, 0.05) is 17.3 Å². The SMILES string of the molecule is CC1(C)C(=O)C[C@H](O)[C@]2(C)[C@H]3CC=C4[C@@H]5C[C@@](C)(C(=O)O)CC[C@]5(C)CC[C@@]4(C)[C@]3(C)CC[C@@H]12. The Morgan fingerprint density at radius 3 is 2.24 bits per heavy atom. The maximum absolute atomic E-state index is 12.9. The second-order valence-corrected chi connectivity index (χ2v) is 14.8. The highest BCUT2D eigenvalue weighted by atomic mass is 16.4. The first kappa shape index (κ1) is 24.5. The molecule has 0 amide bonds. The highest BCUT2D eigenvalue weighted by Crippen LogP contribution is 2.75. The number of aliphatic hydroxyl groups excluding tert-OH is 1. The number of carbonyl (C=O) groups excluding carboxylic acids is 1. The normalized spacial score (nSPS) is 54.1. The Hall–Kier alpha value is -1.16. The minimum absolute atomic E-state index is 0.0101. The van der Waals surface area contributed by atoms with Crippen LogP contribution in [0, 0.1) is 50.2 Å². The van der Waals surface area contributed by atoms with E-state index < -0.39 is 22.9 Å². The molecule has 0 aromatic heterocycles. The van der Waals surface area contributed by atoms with E-state index >= 15 is 0 Å². The third-order valence-electron chi connectivity index (χ3n) is 13.2. The fourth-order valence-corrected chi connectivity index (χ4v) is 10.3. The van der Waals surface area contributed by atoms with Crippen LogP contribution in [0.2, 0.25) is 0 Å². The molecule has 5 aliphatic rings. The predicted molar refractivity (Wildman–Crippen MR) is 133 cm³/mol. The van der Waals surface area contributed by atoms with E-state index in [1.807, 2.05) is 6.92 Å². The van der Waals surface area contributed by atoms with Gasteiger partial charge in [-0.25, -0.2) is 0 Å². The monoisotopic (exact) mass is 470 g/mol.